The molecule has 0 radical (unpaired) electrons. The average Bonchev–Trinajstić information content (AvgIpc) is 4.00. The molecule has 1 aliphatic carbocycles. The highest BCUT2D eigenvalue weighted by molar-refractivity contribution is 5.86. The first-order valence-corrected chi connectivity index (χ1v) is 19.0. The molecule has 15 nitrogen and oxygen atoms in total. The molecule has 1 saturated heterocycles. The van der Waals surface area contributed by atoms with E-state index in [-0.39, 0.29) is 41.7 Å². The normalized spacial score (nSPS) is 18.9. The second-order valence-corrected chi connectivity index (χ2v) is 14.8. The van der Waals surface area contributed by atoms with Crippen LogP contribution in [0.5, 0.6) is 0 Å². The van der Waals surface area contributed by atoms with Crippen LogP contribution in [0.4, 0.5) is 9.59 Å². The minimum Gasteiger partial charge on any atom is -0.453 e. The van der Waals surface area contributed by atoms with Crippen LogP contribution in [-0.2, 0) is 19.1 Å². The molecule has 55 heavy (non-hydrogen) atoms. The van der Waals surface area contributed by atoms with E-state index >= 15 is 0 Å². The van der Waals surface area contributed by atoms with Gasteiger partial charge in [0.15, 0.2) is 0 Å². The summed E-state index contributed by atoms with van der Waals surface area (Å²) in [4.78, 5) is 73.9. The van der Waals surface area contributed by atoms with Crippen molar-refractivity contribution in [2.75, 3.05) is 20.8 Å². The number of ether oxygens (including phenoxy) is 2. The minimum absolute atomic E-state index is 0.109. The molecule has 292 valence electrons. The number of carbonyl (C=O) groups is 4. The molecule has 4 heterocycles. The number of methoxy groups -OCH3 is 2. The standard InChI is InChI=1S/C40H51N9O6/c1-23(2)34(46-39(52)54-5)38(51)48-19-9-12-33(48)36-43-21-31(45-36)26-15-13-25(14-16-26)30-18-17-27(20-41-30)32-22-42-35(44-32)28-10-7-8-11-29(28)37(50)49(24(3)4)47-40(53)55-6/h13-18,20-24,28-29,33-34H,7-12,19H2,1-6H3,(H,42,44)(H,43,45)(H,46,52)(H,47,53)/t28-,29+,33-,34?/m0/s1. The zero-order valence-corrected chi connectivity index (χ0v) is 32.3. The fraction of sp³-hybridized carbons (Fsp3) is 0.475. The molecule has 2 fully saturated rings. The van der Waals surface area contributed by atoms with Gasteiger partial charge in [-0.3, -0.25) is 14.6 Å². The molecule has 3 aromatic heterocycles. The van der Waals surface area contributed by atoms with E-state index in [1.165, 1.54) is 19.2 Å². The number of pyridine rings is 1. The van der Waals surface area contributed by atoms with E-state index in [9.17, 15) is 19.2 Å². The highest BCUT2D eigenvalue weighted by Crippen LogP contribution is 2.39. The molecule has 1 saturated carbocycles. The third kappa shape index (κ3) is 8.66. The van der Waals surface area contributed by atoms with Crippen LogP contribution in [0, 0.1) is 11.8 Å². The van der Waals surface area contributed by atoms with Crippen molar-refractivity contribution in [1.29, 1.82) is 0 Å². The van der Waals surface area contributed by atoms with Crippen molar-refractivity contribution >= 4 is 24.0 Å². The third-order valence-electron chi connectivity index (χ3n) is 10.6. The lowest BCUT2D eigenvalue weighted by atomic mass is 9.78. The number of nitrogens with one attached hydrogen (secondary N) is 4. The van der Waals surface area contributed by atoms with Crippen LogP contribution >= 0.6 is 0 Å². The largest absolute Gasteiger partial charge is 0.453 e. The number of hydrazine groups is 1. The molecule has 15 heteroatoms. The summed E-state index contributed by atoms with van der Waals surface area (Å²) >= 11 is 0. The van der Waals surface area contributed by atoms with Gasteiger partial charge in [0.2, 0.25) is 11.8 Å². The molecular formula is C40H51N9O6. The maximum absolute atomic E-state index is 13.7. The molecule has 6 rings (SSSR count). The second kappa shape index (κ2) is 17.2. The van der Waals surface area contributed by atoms with Gasteiger partial charge in [0, 0.05) is 41.7 Å². The average molecular weight is 754 g/mol. The second-order valence-electron chi connectivity index (χ2n) is 14.8. The smallest absolute Gasteiger partial charge is 0.425 e. The van der Waals surface area contributed by atoms with Crippen LogP contribution in [0.2, 0.25) is 0 Å². The van der Waals surface area contributed by atoms with Crippen LogP contribution in [0.25, 0.3) is 33.8 Å². The van der Waals surface area contributed by atoms with Crippen LogP contribution in [0.1, 0.15) is 89.8 Å². The Hall–Kier alpha value is -5.73. The quantitative estimate of drug-likeness (QED) is 0.134. The first-order valence-electron chi connectivity index (χ1n) is 19.0. The summed E-state index contributed by atoms with van der Waals surface area (Å²) in [7, 11) is 2.56. The maximum Gasteiger partial charge on any atom is 0.425 e. The van der Waals surface area contributed by atoms with Gasteiger partial charge in [-0.25, -0.2) is 30.0 Å². The Labute approximate surface area is 321 Å². The highest BCUT2D eigenvalue weighted by atomic mass is 16.5. The van der Waals surface area contributed by atoms with E-state index in [1.807, 2.05) is 70.3 Å². The number of amides is 4. The number of alkyl carbamates (subject to hydrolysis) is 1. The van der Waals surface area contributed by atoms with E-state index < -0.39 is 18.2 Å². The molecule has 2 aliphatic rings. The topological polar surface area (TPSA) is 188 Å². The van der Waals surface area contributed by atoms with Crippen molar-refractivity contribution in [3.63, 3.8) is 0 Å². The Kier molecular flexibility index (Phi) is 12.2. The van der Waals surface area contributed by atoms with Gasteiger partial charge in [0.1, 0.15) is 17.7 Å². The van der Waals surface area contributed by atoms with Gasteiger partial charge in [-0.15, -0.1) is 0 Å². The Morgan fingerprint density at radius 3 is 2.05 bits per heavy atom. The Bertz CT molecular complexity index is 1960. The fourth-order valence-electron chi connectivity index (χ4n) is 7.58. The Balaban J connectivity index is 1.11. The molecule has 0 bridgehead atoms. The van der Waals surface area contributed by atoms with E-state index in [0.717, 1.165) is 71.7 Å². The van der Waals surface area contributed by atoms with Gasteiger partial charge in [-0.05, 0) is 63.1 Å². The predicted octanol–water partition coefficient (Wildman–Crippen LogP) is 6.35. The molecule has 4 N–H and O–H groups in total. The molecule has 1 aliphatic heterocycles. The minimum atomic E-state index is -0.693. The lowest BCUT2D eigenvalue weighted by Crippen LogP contribution is -2.53. The molecule has 0 spiro atoms. The number of hydrogen-bond acceptors (Lipinski definition) is 9. The van der Waals surface area contributed by atoms with Gasteiger partial charge in [0.25, 0.3) is 0 Å². The zero-order valence-electron chi connectivity index (χ0n) is 32.3. The number of nitrogens with zero attached hydrogens (tertiary/aromatic N) is 5. The summed E-state index contributed by atoms with van der Waals surface area (Å²) < 4.78 is 9.50. The summed E-state index contributed by atoms with van der Waals surface area (Å²) in [5, 5.41) is 4.06. The van der Waals surface area contributed by atoms with Crippen LogP contribution in [0.3, 0.4) is 0 Å². The van der Waals surface area contributed by atoms with Gasteiger partial charge in [-0.2, -0.15) is 0 Å². The number of rotatable bonds is 10. The van der Waals surface area contributed by atoms with E-state index in [2.05, 4.69) is 25.7 Å². The summed E-state index contributed by atoms with van der Waals surface area (Å²) in [6.45, 7) is 8.08. The molecular weight excluding hydrogens is 702 g/mol. The van der Waals surface area contributed by atoms with E-state index in [0.29, 0.717) is 18.8 Å². The summed E-state index contributed by atoms with van der Waals surface area (Å²) in [5.41, 5.74) is 7.81. The monoisotopic (exact) mass is 753 g/mol. The Morgan fingerprint density at radius 2 is 1.40 bits per heavy atom. The number of hydrogen-bond donors (Lipinski definition) is 4. The van der Waals surface area contributed by atoms with Gasteiger partial charge < -0.3 is 29.7 Å². The van der Waals surface area contributed by atoms with Crippen LogP contribution < -0.4 is 10.7 Å². The number of likely N-dealkylation sites (tertiary alicyclic amines) is 1. The van der Waals surface area contributed by atoms with Gasteiger partial charge in [-0.1, -0.05) is 51.0 Å². The SMILES string of the molecule is COC(=O)NC(C(=O)N1CCC[C@H]1c1ncc(-c2ccc(-c3ccc(-c4cnc([C@H]5CCCC[C@H]5C(=O)N(NC(=O)OC)C(C)C)[nH]4)cn3)cc2)[nH]1)C(C)C. The predicted molar refractivity (Wildman–Crippen MR) is 205 cm³/mol. The number of benzene rings is 1. The fourth-order valence-corrected chi connectivity index (χ4v) is 7.58. The maximum atomic E-state index is 13.7. The van der Waals surface area contributed by atoms with Crippen molar-refractivity contribution in [3.05, 3.63) is 66.6 Å². The number of imidazole rings is 2. The molecule has 4 aromatic rings. The van der Waals surface area contributed by atoms with Gasteiger partial charge >= 0.3 is 12.2 Å². The first-order chi connectivity index (χ1) is 26.5. The van der Waals surface area contributed by atoms with E-state index in [4.69, 9.17) is 19.4 Å². The first kappa shape index (κ1) is 39.0. The molecule has 4 amide bonds. The molecule has 4 atom stereocenters. The molecule has 1 aromatic carbocycles. The van der Waals surface area contributed by atoms with Crippen molar-refractivity contribution in [2.45, 2.75) is 90.3 Å². The number of H-pyrrole nitrogens is 2. The van der Waals surface area contributed by atoms with Crippen molar-refractivity contribution < 1.29 is 28.7 Å². The summed E-state index contributed by atoms with van der Waals surface area (Å²) in [6.07, 6.45) is 9.13. The zero-order chi connectivity index (χ0) is 39.2. The lowest BCUT2D eigenvalue weighted by Gasteiger charge is -2.35. The van der Waals surface area contributed by atoms with Crippen LogP contribution in [0.15, 0.2) is 55.0 Å². The van der Waals surface area contributed by atoms with Crippen molar-refractivity contribution in [2.24, 2.45) is 11.8 Å². The third-order valence-corrected chi connectivity index (χ3v) is 10.6. The summed E-state index contributed by atoms with van der Waals surface area (Å²) in [6, 6.07) is 10.9. The lowest BCUT2D eigenvalue weighted by molar-refractivity contribution is -0.142. The highest BCUT2D eigenvalue weighted by Gasteiger charge is 2.39. The number of carbonyl (C=O) groups excluding carboxylic acids is 4. The van der Waals surface area contributed by atoms with Gasteiger partial charge in [0.05, 0.1) is 49.7 Å². The van der Waals surface area contributed by atoms with Crippen LogP contribution in [-0.4, -0.2) is 91.7 Å². The molecule has 1 unspecified atom stereocenters. The summed E-state index contributed by atoms with van der Waals surface area (Å²) in [5.74, 6) is 0.617. The van der Waals surface area contributed by atoms with Crippen molar-refractivity contribution in [1.82, 2.24) is 45.6 Å². The van der Waals surface area contributed by atoms with Crippen molar-refractivity contribution in [3.8, 4) is 33.8 Å². The van der Waals surface area contributed by atoms with E-state index in [1.54, 1.807) is 17.3 Å². The number of aromatic nitrogens is 5. The number of aromatic amines is 2. The Morgan fingerprint density at radius 1 is 0.764 bits per heavy atom.